The first kappa shape index (κ1) is 14.8. The van der Waals surface area contributed by atoms with Crippen molar-refractivity contribution >= 4 is 22.8 Å². The number of pyridine rings is 1. The standard InChI is InChI=1S/C15H22N4S/c1-4-15-18-11-13(20-15)10-16-12-7-8-14(17-9-12)19(5-2)6-3/h7-9,11,16H,4-6,10H2,1-3H3. The Hall–Kier alpha value is -1.62. The molecular weight excluding hydrogens is 268 g/mol. The predicted molar refractivity (Wildman–Crippen MR) is 86.6 cm³/mol. The van der Waals surface area contributed by atoms with Gasteiger partial charge in [0.1, 0.15) is 5.82 Å². The predicted octanol–water partition coefficient (Wildman–Crippen LogP) is 3.56. The summed E-state index contributed by atoms with van der Waals surface area (Å²) in [5.41, 5.74) is 1.05. The molecule has 0 fully saturated rings. The maximum absolute atomic E-state index is 4.51. The Bertz CT molecular complexity index is 517. The van der Waals surface area contributed by atoms with Crippen LogP contribution in [0.3, 0.4) is 0 Å². The first-order valence-corrected chi connectivity index (χ1v) is 7.96. The SMILES string of the molecule is CCc1ncc(CNc2ccc(N(CC)CC)nc2)s1. The van der Waals surface area contributed by atoms with Crippen molar-refractivity contribution in [3.05, 3.63) is 34.4 Å². The van der Waals surface area contributed by atoms with Crippen LogP contribution in [0.5, 0.6) is 0 Å². The zero-order valence-electron chi connectivity index (χ0n) is 12.4. The highest BCUT2D eigenvalue weighted by Gasteiger charge is 2.04. The van der Waals surface area contributed by atoms with Gasteiger partial charge in [0.15, 0.2) is 0 Å². The highest BCUT2D eigenvalue weighted by Crippen LogP contribution is 2.17. The number of rotatable bonds is 7. The van der Waals surface area contributed by atoms with Gasteiger partial charge in [-0.25, -0.2) is 9.97 Å². The summed E-state index contributed by atoms with van der Waals surface area (Å²) in [6.45, 7) is 9.20. The maximum Gasteiger partial charge on any atom is 0.128 e. The monoisotopic (exact) mass is 290 g/mol. The third kappa shape index (κ3) is 3.70. The van der Waals surface area contributed by atoms with E-state index in [1.54, 1.807) is 11.3 Å². The summed E-state index contributed by atoms with van der Waals surface area (Å²) in [5, 5.41) is 4.58. The summed E-state index contributed by atoms with van der Waals surface area (Å²) in [7, 11) is 0. The molecule has 0 aromatic carbocycles. The topological polar surface area (TPSA) is 41.1 Å². The van der Waals surface area contributed by atoms with Crippen molar-refractivity contribution in [3.63, 3.8) is 0 Å². The largest absolute Gasteiger partial charge is 0.379 e. The molecule has 2 aromatic heterocycles. The molecule has 2 heterocycles. The van der Waals surface area contributed by atoms with E-state index in [0.29, 0.717) is 0 Å². The minimum atomic E-state index is 0.809. The minimum Gasteiger partial charge on any atom is -0.379 e. The molecule has 0 saturated heterocycles. The average molecular weight is 290 g/mol. The average Bonchev–Trinajstić information content (AvgIpc) is 2.96. The quantitative estimate of drug-likeness (QED) is 0.846. The number of thiazole rings is 1. The van der Waals surface area contributed by atoms with Gasteiger partial charge in [-0.05, 0) is 32.4 Å². The van der Waals surface area contributed by atoms with Gasteiger partial charge in [-0.15, -0.1) is 11.3 Å². The molecule has 108 valence electrons. The molecule has 0 aliphatic carbocycles. The molecule has 0 atom stereocenters. The second kappa shape index (κ2) is 7.24. The molecule has 0 spiro atoms. The lowest BCUT2D eigenvalue weighted by atomic mass is 10.3. The van der Waals surface area contributed by atoms with Crippen LogP contribution in [0.4, 0.5) is 11.5 Å². The van der Waals surface area contributed by atoms with Crippen molar-refractivity contribution < 1.29 is 0 Å². The zero-order valence-corrected chi connectivity index (χ0v) is 13.2. The summed E-state index contributed by atoms with van der Waals surface area (Å²) in [6, 6.07) is 4.15. The molecule has 0 saturated carbocycles. The van der Waals surface area contributed by atoms with Gasteiger partial charge in [0.05, 0.1) is 23.4 Å². The van der Waals surface area contributed by atoms with E-state index in [1.807, 2.05) is 12.4 Å². The Labute approximate surface area is 124 Å². The molecule has 0 aliphatic rings. The Morgan fingerprint density at radius 1 is 1.10 bits per heavy atom. The van der Waals surface area contributed by atoms with E-state index in [4.69, 9.17) is 0 Å². The fourth-order valence-corrected chi connectivity index (χ4v) is 2.81. The van der Waals surface area contributed by atoms with E-state index in [1.165, 1.54) is 9.88 Å². The highest BCUT2D eigenvalue weighted by molar-refractivity contribution is 7.11. The summed E-state index contributed by atoms with van der Waals surface area (Å²) in [6.07, 6.45) is 4.86. The second-order valence-electron chi connectivity index (χ2n) is 4.50. The molecule has 1 N–H and O–H groups in total. The number of anilines is 2. The molecule has 5 heteroatoms. The molecule has 0 unspecified atom stereocenters. The van der Waals surface area contributed by atoms with Gasteiger partial charge in [-0.3, -0.25) is 0 Å². The molecule has 0 aliphatic heterocycles. The zero-order chi connectivity index (χ0) is 14.4. The maximum atomic E-state index is 4.51. The third-order valence-electron chi connectivity index (χ3n) is 3.21. The van der Waals surface area contributed by atoms with E-state index >= 15 is 0 Å². The van der Waals surface area contributed by atoms with Crippen LogP contribution < -0.4 is 10.2 Å². The fourth-order valence-electron chi connectivity index (χ4n) is 2.01. The number of aromatic nitrogens is 2. The molecule has 2 aromatic rings. The van der Waals surface area contributed by atoms with E-state index in [9.17, 15) is 0 Å². The summed E-state index contributed by atoms with van der Waals surface area (Å²) >= 11 is 1.77. The van der Waals surface area contributed by atoms with Crippen LogP contribution in [-0.2, 0) is 13.0 Å². The van der Waals surface area contributed by atoms with Crippen LogP contribution in [0.2, 0.25) is 0 Å². The number of nitrogens with one attached hydrogen (secondary N) is 1. The van der Waals surface area contributed by atoms with Crippen LogP contribution in [0.1, 0.15) is 30.7 Å². The van der Waals surface area contributed by atoms with E-state index < -0.39 is 0 Å². The first-order chi connectivity index (χ1) is 9.76. The Morgan fingerprint density at radius 3 is 2.45 bits per heavy atom. The van der Waals surface area contributed by atoms with Gasteiger partial charge in [0, 0.05) is 24.2 Å². The lowest BCUT2D eigenvalue weighted by Crippen LogP contribution is -2.22. The summed E-state index contributed by atoms with van der Waals surface area (Å²) in [4.78, 5) is 12.4. The third-order valence-corrected chi connectivity index (χ3v) is 4.35. The van der Waals surface area contributed by atoms with Crippen molar-refractivity contribution in [2.45, 2.75) is 33.7 Å². The molecule has 0 amide bonds. The summed E-state index contributed by atoms with van der Waals surface area (Å²) in [5.74, 6) is 1.03. The van der Waals surface area contributed by atoms with E-state index in [0.717, 1.165) is 37.6 Å². The molecular formula is C15H22N4S. The lowest BCUT2D eigenvalue weighted by molar-refractivity contribution is 0.846. The van der Waals surface area contributed by atoms with Gasteiger partial charge < -0.3 is 10.2 Å². The molecule has 0 bridgehead atoms. The van der Waals surface area contributed by atoms with E-state index in [-0.39, 0.29) is 0 Å². The van der Waals surface area contributed by atoms with Gasteiger partial charge in [-0.1, -0.05) is 6.92 Å². The fraction of sp³-hybridized carbons (Fsp3) is 0.467. The normalized spacial score (nSPS) is 10.6. The lowest BCUT2D eigenvalue weighted by Gasteiger charge is -2.19. The number of nitrogens with zero attached hydrogens (tertiary/aromatic N) is 3. The van der Waals surface area contributed by atoms with Crippen LogP contribution in [0, 0.1) is 0 Å². The van der Waals surface area contributed by atoms with Crippen molar-refractivity contribution in [1.82, 2.24) is 9.97 Å². The van der Waals surface area contributed by atoms with E-state index in [2.05, 4.69) is 53.1 Å². The molecule has 2 rings (SSSR count). The van der Waals surface area contributed by atoms with Gasteiger partial charge in [0.25, 0.3) is 0 Å². The first-order valence-electron chi connectivity index (χ1n) is 7.15. The van der Waals surface area contributed by atoms with Crippen molar-refractivity contribution in [2.24, 2.45) is 0 Å². The van der Waals surface area contributed by atoms with Crippen LogP contribution >= 0.6 is 11.3 Å². The highest BCUT2D eigenvalue weighted by atomic mass is 32.1. The summed E-state index contributed by atoms with van der Waals surface area (Å²) < 4.78 is 0. The number of hydrogen-bond donors (Lipinski definition) is 1. The van der Waals surface area contributed by atoms with Crippen molar-refractivity contribution in [3.8, 4) is 0 Å². The smallest absolute Gasteiger partial charge is 0.128 e. The van der Waals surface area contributed by atoms with Crippen LogP contribution in [-0.4, -0.2) is 23.1 Å². The second-order valence-corrected chi connectivity index (χ2v) is 5.70. The van der Waals surface area contributed by atoms with Gasteiger partial charge >= 0.3 is 0 Å². The van der Waals surface area contributed by atoms with Crippen molar-refractivity contribution in [2.75, 3.05) is 23.3 Å². The van der Waals surface area contributed by atoms with Gasteiger partial charge in [-0.2, -0.15) is 0 Å². The Morgan fingerprint density at radius 2 is 1.90 bits per heavy atom. The number of aryl methyl sites for hydroxylation is 1. The molecule has 4 nitrogen and oxygen atoms in total. The van der Waals surface area contributed by atoms with Crippen molar-refractivity contribution in [1.29, 1.82) is 0 Å². The van der Waals surface area contributed by atoms with Crippen LogP contribution in [0.25, 0.3) is 0 Å². The van der Waals surface area contributed by atoms with Crippen LogP contribution in [0.15, 0.2) is 24.5 Å². The van der Waals surface area contributed by atoms with Gasteiger partial charge in [0.2, 0.25) is 0 Å². The molecule has 0 radical (unpaired) electrons. The molecule has 20 heavy (non-hydrogen) atoms. The number of hydrogen-bond acceptors (Lipinski definition) is 5. The minimum absolute atomic E-state index is 0.809. The Kier molecular flexibility index (Phi) is 5.35. The Balaban J connectivity index is 1.93.